The third-order valence-electron chi connectivity index (χ3n) is 2.88. The largest absolute Gasteiger partial charge is 0.383 e. The Morgan fingerprint density at radius 1 is 1.43 bits per heavy atom. The summed E-state index contributed by atoms with van der Waals surface area (Å²) in [6, 6.07) is 2.68. The molecule has 2 N–H and O–H groups in total. The molecule has 14 heavy (non-hydrogen) atoms. The molecule has 1 aromatic heterocycles. The lowest BCUT2D eigenvalue weighted by Crippen LogP contribution is -2.26. The summed E-state index contributed by atoms with van der Waals surface area (Å²) in [5.74, 6) is 1.60. The van der Waals surface area contributed by atoms with Crippen LogP contribution < -0.4 is 5.73 Å². The number of thiophene rings is 1. The summed E-state index contributed by atoms with van der Waals surface area (Å²) >= 11 is 1.71. The zero-order valence-electron chi connectivity index (χ0n) is 7.77. The van der Waals surface area contributed by atoms with Gasteiger partial charge in [-0.2, -0.15) is 0 Å². The fourth-order valence-electron chi connectivity index (χ4n) is 1.98. The predicted octanol–water partition coefficient (Wildman–Crippen LogP) is 2.21. The Balaban J connectivity index is 0.000000750. The van der Waals surface area contributed by atoms with Crippen molar-refractivity contribution < 1.29 is 0 Å². The molecule has 76 valence electrons. The van der Waals surface area contributed by atoms with Crippen LogP contribution in [0.1, 0.15) is 23.3 Å². The van der Waals surface area contributed by atoms with Gasteiger partial charge in [0.05, 0.1) is 10.9 Å². The van der Waals surface area contributed by atoms with Gasteiger partial charge < -0.3 is 5.73 Å². The van der Waals surface area contributed by atoms with E-state index in [2.05, 4.69) is 16.4 Å². The van der Waals surface area contributed by atoms with E-state index >= 15 is 0 Å². The van der Waals surface area contributed by atoms with Gasteiger partial charge in [-0.05, 0) is 42.2 Å². The zero-order valence-corrected chi connectivity index (χ0v) is 9.40. The van der Waals surface area contributed by atoms with Crippen molar-refractivity contribution in [1.82, 2.24) is 0 Å². The fraction of sp³-hybridized carbons (Fsp3) is 0.500. The van der Waals surface area contributed by atoms with Gasteiger partial charge in [0, 0.05) is 0 Å². The number of fused-ring (bicyclic) bond motifs is 1. The summed E-state index contributed by atoms with van der Waals surface area (Å²) in [5, 5.41) is 2.11. The number of nitrogens with zero attached hydrogens (tertiary/aromatic N) is 1. The number of nitrogens with two attached hydrogens (primary N) is 1. The van der Waals surface area contributed by atoms with Crippen molar-refractivity contribution in [2.45, 2.75) is 25.3 Å². The highest BCUT2D eigenvalue weighted by molar-refractivity contribution is 7.12. The van der Waals surface area contributed by atoms with Gasteiger partial charge in [-0.3, -0.25) is 4.99 Å². The molecule has 1 unspecified atom stereocenters. The SMILES string of the molecule is Cl.NC1=NC(C2CC2)Cc2ccsc21. The van der Waals surface area contributed by atoms with Crippen molar-refractivity contribution in [3.63, 3.8) is 0 Å². The highest BCUT2D eigenvalue weighted by Crippen LogP contribution is 2.38. The summed E-state index contributed by atoms with van der Waals surface area (Å²) in [6.07, 6.45) is 3.81. The molecule has 1 saturated carbocycles. The maximum absolute atomic E-state index is 5.91. The molecule has 1 atom stereocenters. The minimum atomic E-state index is 0. The van der Waals surface area contributed by atoms with Gasteiger partial charge in [-0.15, -0.1) is 23.7 Å². The smallest absolute Gasteiger partial charge is 0.136 e. The maximum atomic E-state index is 5.91. The molecule has 0 spiro atoms. The van der Waals surface area contributed by atoms with Crippen molar-refractivity contribution in [1.29, 1.82) is 0 Å². The second-order valence-electron chi connectivity index (χ2n) is 3.90. The molecule has 1 fully saturated rings. The Morgan fingerprint density at radius 3 is 2.93 bits per heavy atom. The molecule has 0 saturated heterocycles. The van der Waals surface area contributed by atoms with Gasteiger partial charge in [0.15, 0.2) is 0 Å². The first-order valence-corrected chi connectivity index (χ1v) is 5.62. The predicted molar refractivity (Wildman–Crippen MR) is 62.5 cm³/mol. The lowest BCUT2D eigenvalue weighted by molar-refractivity contribution is 0.588. The van der Waals surface area contributed by atoms with Crippen LogP contribution >= 0.6 is 23.7 Å². The number of rotatable bonds is 1. The Kier molecular flexibility index (Phi) is 2.54. The van der Waals surface area contributed by atoms with E-state index in [1.54, 1.807) is 11.3 Å². The zero-order chi connectivity index (χ0) is 8.84. The van der Waals surface area contributed by atoms with E-state index in [-0.39, 0.29) is 12.4 Å². The van der Waals surface area contributed by atoms with Gasteiger partial charge in [-0.1, -0.05) is 0 Å². The number of amidine groups is 1. The molecular weight excluding hydrogens is 216 g/mol. The quantitative estimate of drug-likeness (QED) is 0.787. The number of aliphatic imine (C=N–C) groups is 1. The number of halogens is 1. The molecule has 0 amide bonds. The van der Waals surface area contributed by atoms with E-state index in [1.807, 2.05) is 0 Å². The van der Waals surface area contributed by atoms with Crippen LogP contribution in [-0.2, 0) is 6.42 Å². The minimum absolute atomic E-state index is 0. The molecule has 0 aromatic carbocycles. The van der Waals surface area contributed by atoms with E-state index in [0.717, 1.165) is 18.2 Å². The highest BCUT2D eigenvalue weighted by atomic mass is 35.5. The summed E-state index contributed by atoms with van der Waals surface area (Å²) < 4.78 is 0. The first-order chi connectivity index (χ1) is 6.34. The average Bonchev–Trinajstić information content (AvgIpc) is 2.85. The third kappa shape index (κ3) is 1.55. The van der Waals surface area contributed by atoms with Crippen LogP contribution in [0.25, 0.3) is 0 Å². The molecule has 3 rings (SSSR count). The van der Waals surface area contributed by atoms with E-state index in [0.29, 0.717) is 6.04 Å². The average molecular weight is 229 g/mol. The molecule has 0 radical (unpaired) electrons. The van der Waals surface area contributed by atoms with Crippen LogP contribution in [0.5, 0.6) is 0 Å². The first-order valence-electron chi connectivity index (χ1n) is 4.74. The van der Waals surface area contributed by atoms with Gasteiger partial charge in [0.1, 0.15) is 5.84 Å². The highest BCUT2D eigenvalue weighted by Gasteiger charge is 2.34. The minimum Gasteiger partial charge on any atom is -0.383 e. The number of hydrogen-bond acceptors (Lipinski definition) is 3. The molecule has 0 bridgehead atoms. The van der Waals surface area contributed by atoms with E-state index in [1.165, 1.54) is 23.3 Å². The van der Waals surface area contributed by atoms with Crippen molar-refractivity contribution in [3.05, 3.63) is 21.9 Å². The van der Waals surface area contributed by atoms with Crippen LogP contribution in [0.2, 0.25) is 0 Å². The second-order valence-corrected chi connectivity index (χ2v) is 4.81. The lowest BCUT2D eigenvalue weighted by atomic mass is 10.0. The summed E-state index contributed by atoms with van der Waals surface area (Å²) in [4.78, 5) is 5.77. The summed E-state index contributed by atoms with van der Waals surface area (Å²) in [7, 11) is 0. The molecule has 2 heterocycles. The Hall–Kier alpha value is -0.540. The molecular formula is C10H13ClN2S. The monoisotopic (exact) mass is 228 g/mol. The van der Waals surface area contributed by atoms with E-state index in [9.17, 15) is 0 Å². The van der Waals surface area contributed by atoms with Gasteiger partial charge in [0.25, 0.3) is 0 Å². The Morgan fingerprint density at radius 2 is 2.21 bits per heavy atom. The molecule has 2 nitrogen and oxygen atoms in total. The van der Waals surface area contributed by atoms with Crippen molar-refractivity contribution >= 4 is 29.6 Å². The fourth-order valence-corrected chi connectivity index (χ4v) is 2.83. The standard InChI is InChI=1S/C10H12N2S.ClH/c11-10-9-7(3-4-13-9)5-8(12-10)6-1-2-6;/h3-4,6,8H,1-2,5H2,(H2,11,12);1H. The van der Waals surface area contributed by atoms with E-state index < -0.39 is 0 Å². The molecule has 1 aliphatic heterocycles. The molecule has 1 aromatic rings. The van der Waals surface area contributed by atoms with Crippen LogP contribution in [0.3, 0.4) is 0 Å². The van der Waals surface area contributed by atoms with Crippen LogP contribution in [0.4, 0.5) is 0 Å². The maximum Gasteiger partial charge on any atom is 0.136 e. The third-order valence-corrected chi connectivity index (χ3v) is 3.86. The van der Waals surface area contributed by atoms with Gasteiger partial charge in [-0.25, -0.2) is 0 Å². The van der Waals surface area contributed by atoms with Crippen molar-refractivity contribution in [2.75, 3.05) is 0 Å². The van der Waals surface area contributed by atoms with Crippen LogP contribution in [0.15, 0.2) is 16.4 Å². The summed E-state index contributed by atoms with van der Waals surface area (Å²) in [5.41, 5.74) is 7.32. The first kappa shape index (κ1) is 9.99. The molecule has 4 heteroatoms. The molecule has 1 aliphatic carbocycles. The summed E-state index contributed by atoms with van der Waals surface area (Å²) in [6.45, 7) is 0. The van der Waals surface area contributed by atoms with E-state index in [4.69, 9.17) is 5.73 Å². The topological polar surface area (TPSA) is 38.4 Å². The normalized spacial score (nSPS) is 24.9. The van der Waals surface area contributed by atoms with Crippen molar-refractivity contribution in [2.24, 2.45) is 16.6 Å². The second kappa shape index (κ2) is 3.55. The lowest BCUT2D eigenvalue weighted by Gasteiger charge is -2.18. The van der Waals surface area contributed by atoms with Crippen LogP contribution in [0, 0.1) is 5.92 Å². The molecule has 2 aliphatic rings. The Labute approximate surface area is 93.6 Å². The van der Waals surface area contributed by atoms with Crippen LogP contribution in [-0.4, -0.2) is 11.9 Å². The van der Waals surface area contributed by atoms with Crippen molar-refractivity contribution in [3.8, 4) is 0 Å². The van der Waals surface area contributed by atoms with Gasteiger partial charge in [0.2, 0.25) is 0 Å². The number of hydrogen-bond donors (Lipinski definition) is 1. The van der Waals surface area contributed by atoms with Gasteiger partial charge >= 0.3 is 0 Å². The Bertz CT molecular complexity index is 368.